The smallest absolute Gasteiger partial charge is 0.405 e. The van der Waals surface area contributed by atoms with Crippen LogP contribution < -0.4 is 10.1 Å². The van der Waals surface area contributed by atoms with Crippen LogP contribution in [0.2, 0.25) is 0 Å². The highest BCUT2D eigenvalue weighted by Crippen LogP contribution is 2.38. The fourth-order valence-corrected chi connectivity index (χ4v) is 2.74. The molecule has 3 atom stereocenters. The maximum Gasteiger partial charge on any atom is 0.573 e. The fourth-order valence-electron chi connectivity index (χ4n) is 2.74. The van der Waals surface area contributed by atoms with E-state index >= 15 is 0 Å². The van der Waals surface area contributed by atoms with Crippen molar-refractivity contribution >= 4 is 0 Å². The number of hydrogen-bond acceptors (Lipinski definition) is 3. The molecule has 1 aliphatic rings. The number of ether oxygens (including phenoxy) is 2. The number of halogens is 3. The zero-order valence-electron chi connectivity index (χ0n) is 11.4. The van der Waals surface area contributed by atoms with Crippen LogP contribution in [0.4, 0.5) is 13.2 Å². The largest absolute Gasteiger partial charge is 0.573 e. The van der Waals surface area contributed by atoms with Crippen molar-refractivity contribution in [3.63, 3.8) is 0 Å². The summed E-state index contributed by atoms with van der Waals surface area (Å²) in [5, 5.41) is 3.09. The molecule has 3 unspecified atom stereocenters. The molecule has 1 heterocycles. The lowest BCUT2D eigenvalue weighted by Crippen LogP contribution is -2.30. The first-order valence-electron chi connectivity index (χ1n) is 6.56. The minimum atomic E-state index is -4.69. The Balaban J connectivity index is 2.29. The summed E-state index contributed by atoms with van der Waals surface area (Å²) in [5.41, 5.74) is 0.509. The number of benzene rings is 1. The van der Waals surface area contributed by atoms with Gasteiger partial charge in [-0.25, -0.2) is 0 Å². The van der Waals surface area contributed by atoms with Crippen LogP contribution in [0.25, 0.3) is 0 Å². The summed E-state index contributed by atoms with van der Waals surface area (Å²) < 4.78 is 47.1. The Morgan fingerprint density at radius 3 is 2.60 bits per heavy atom. The van der Waals surface area contributed by atoms with E-state index in [1.54, 1.807) is 19.2 Å². The summed E-state index contributed by atoms with van der Waals surface area (Å²) >= 11 is 0. The predicted molar refractivity (Wildman–Crippen MR) is 68.4 cm³/mol. The van der Waals surface area contributed by atoms with Crippen LogP contribution >= 0.6 is 0 Å². The number of nitrogens with one attached hydrogen (secondary N) is 1. The summed E-state index contributed by atoms with van der Waals surface area (Å²) in [6.07, 6.45) is -3.87. The zero-order chi connectivity index (χ0) is 14.8. The molecule has 0 aliphatic carbocycles. The molecule has 0 aromatic heterocycles. The first-order valence-corrected chi connectivity index (χ1v) is 6.56. The molecular weight excluding hydrogens is 271 g/mol. The third-order valence-corrected chi connectivity index (χ3v) is 3.65. The zero-order valence-corrected chi connectivity index (χ0v) is 11.4. The Bertz CT molecular complexity index is 450. The lowest BCUT2D eigenvalue weighted by atomic mass is 9.88. The van der Waals surface area contributed by atoms with Crippen molar-refractivity contribution in [1.82, 2.24) is 5.32 Å². The molecule has 112 valence electrons. The molecule has 1 saturated heterocycles. The second kappa shape index (κ2) is 6.01. The van der Waals surface area contributed by atoms with Gasteiger partial charge in [-0.15, -0.1) is 13.2 Å². The molecule has 2 rings (SSSR count). The molecule has 0 spiro atoms. The fraction of sp³-hybridized carbons (Fsp3) is 0.571. The third-order valence-electron chi connectivity index (χ3n) is 3.65. The topological polar surface area (TPSA) is 30.5 Å². The highest BCUT2D eigenvalue weighted by atomic mass is 19.4. The Labute approximate surface area is 116 Å². The van der Waals surface area contributed by atoms with Gasteiger partial charge >= 0.3 is 6.36 Å². The van der Waals surface area contributed by atoms with E-state index in [1.165, 1.54) is 12.1 Å². The summed E-state index contributed by atoms with van der Waals surface area (Å²) in [7, 11) is 1.74. The Morgan fingerprint density at radius 2 is 2.05 bits per heavy atom. The van der Waals surface area contributed by atoms with Crippen LogP contribution in [0.15, 0.2) is 24.3 Å². The Hall–Kier alpha value is -1.27. The van der Waals surface area contributed by atoms with Crippen molar-refractivity contribution in [3.05, 3.63) is 29.8 Å². The van der Waals surface area contributed by atoms with E-state index in [4.69, 9.17) is 4.74 Å². The average Bonchev–Trinajstić information content (AvgIpc) is 2.77. The standard InChI is InChI=1S/C14H18F3NO2/c1-9-10(7-8-19-9)13(18-2)11-5-3-4-6-12(11)20-14(15,16)17/h3-6,9-10,13,18H,7-8H2,1-2H3. The molecule has 3 nitrogen and oxygen atoms in total. The lowest BCUT2D eigenvalue weighted by Gasteiger charge is -2.27. The SMILES string of the molecule is CNC(c1ccccc1OC(F)(F)F)C1CCOC1C. The van der Waals surface area contributed by atoms with Gasteiger partial charge in [0.05, 0.1) is 6.10 Å². The maximum absolute atomic E-state index is 12.5. The van der Waals surface area contributed by atoms with E-state index in [2.05, 4.69) is 10.1 Å². The second-order valence-corrected chi connectivity index (χ2v) is 4.88. The number of para-hydroxylation sites is 1. The van der Waals surface area contributed by atoms with Crippen molar-refractivity contribution in [2.45, 2.75) is 31.9 Å². The van der Waals surface area contributed by atoms with E-state index in [0.29, 0.717) is 12.2 Å². The van der Waals surface area contributed by atoms with Crippen molar-refractivity contribution in [2.75, 3.05) is 13.7 Å². The van der Waals surface area contributed by atoms with E-state index in [-0.39, 0.29) is 23.8 Å². The van der Waals surface area contributed by atoms with Gasteiger partial charge in [0.2, 0.25) is 0 Å². The van der Waals surface area contributed by atoms with Gasteiger partial charge in [-0.2, -0.15) is 0 Å². The molecule has 6 heteroatoms. The van der Waals surface area contributed by atoms with E-state index in [9.17, 15) is 13.2 Å². The predicted octanol–water partition coefficient (Wildman–Crippen LogP) is 3.27. The van der Waals surface area contributed by atoms with Crippen molar-refractivity contribution < 1.29 is 22.6 Å². The maximum atomic E-state index is 12.5. The molecule has 1 fully saturated rings. The van der Waals surface area contributed by atoms with Gasteiger partial charge in [0.1, 0.15) is 5.75 Å². The quantitative estimate of drug-likeness (QED) is 0.922. The highest BCUT2D eigenvalue weighted by Gasteiger charge is 2.36. The van der Waals surface area contributed by atoms with Crippen LogP contribution in [0.3, 0.4) is 0 Å². The molecule has 20 heavy (non-hydrogen) atoms. The summed E-state index contributed by atoms with van der Waals surface area (Å²) in [6.45, 7) is 2.57. The normalized spacial score (nSPS) is 24.6. The summed E-state index contributed by atoms with van der Waals surface area (Å²) in [5.74, 6) is -0.0311. The van der Waals surface area contributed by atoms with Crippen LogP contribution in [0.1, 0.15) is 24.9 Å². The third kappa shape index (κ3) is 3.43. The molecule has 0 bridgehead atoms. The van der Waals surface area contributed by atoms with Crippen molar-refractivity contribution in [3.8, 4) is 5.75 Å². The highest BCUT2D eigenvalue weighted by molar-refractivity contribution is 5.36. The molecule has 1 N–H and O–H groups in total. The number of alkyl halides is 3. The number of rotatable bonds is 4. The van der Waals surface area contributed by atoms with Gasteiger partial charge in [-0.1, -0.05) is 18.2 Å². The van der Waals surface area contributed by atoms with Gasteiger partial charge in [0.15, 0.2) is 0 Å². The van der Waals surface area contributed by atoms with Crippen molar-refractivity contribution in [2.24, 2.45) is 5.92 Å². The molecular formula is C14H18F3NO2. The van der Waals surface area contributed by atoms with Gasteiger partial charge in [0, 0.05) is 24.1 Å². The summed E-state index contributed by atoms with van der Waals surface area (Å²) in [6, 6.07) is 6.02. The Kier molecular flexibility index (Phi) is 4.55. The average molecular weight is 289 g/mol. The molecule has 1 aliphatic heterocycles. The van der Waals surface area contributed by atoms with Crippen LogP contribution in [0, 0.1) is 5.92 Å². The van der Waals surface area contributed by atoms with Crippen LogP contribution in [-0.2, 0) is 4.74 Å². The first kappa shape index (κ1) is 15.1. The molecule has 0 saturated carbocycles. The van der Waals surface area contributed by atoms with E-state index < -0.39 is 6.36 Å². The molecule has 0 amide bonds. The Morgan fingerprint density at radius 1 is 1.35 bits per heavy atom. The van der Waals surface area contributed by atoms with Gasteiger partial charge in [0.25, 0.3) is 0 Å². The summed E-state index contributed by atoms with van der Waals surface area (Å²) in [4.78, 5) is 0. The minimum absolute atomic E-state index is 0.00592. The van der Waals surface area contributed by atoms with Crippen LogP contribution in [0.5, 0.6) is 5.75 Å². The number of hydrogen-bond donors (Lipinski definition) is 1. The van der Waals surface area contributed by atoms with Crippen molar-refractivity contribution in [1.29, 1.82) is 0 Å². The minimum Gasteiger partial charge on any atom is -0.405 e. The monoisotopic (exact) mass is 289 g/mol. The van der Waals surface area contributed by atoms with Gasteiger partial charge in [-0.3, -0.25) is 0 Å². The van der Waals surface area contributed by atoms with Crippen LogP contribution in [-0.4, -0.2) is 26.1 Å². The van der Waals surface area contributed by atoms with E-state index in [1.807, 2.05) is 6.92 Å². The van der Waals surface area contributed by atoms with Gasteiger partial charge in [-0.05, 0) is 26.5 Å². The molecule has 0 radical (unpaired) electrons. The van der Waals surface area contributed by atoms with Gasteiger partial charge < -0.3 is 14.8 Å². The molecule has 1 aromatic carbocycles. The second-order valence-electron chi connectivity index (χ2n) is 4.88. The lowest BCUT2D eigenvalue weighted by molar-refractivity contribution is -0.275. The first-order chi connectivity index (χ1) is 9.42. The molecule has 1 aromatic rings. The van der Waals surface area contributed by atoms with E-state index in [0.717, 1.165) is 6.42 Å².